The van der Waals surface area contributed by atoms with Crippen LogP contribution in [0.3, 0.4) is 0 Å². The molecule has 1 aliphatic heterocycles. The van der Waals surface area contributed by atoms with Crippen molar-refractivity contribution in [2.24, 2.45) is 5.92 Å². The van der Waals surface area contributed by atoms with E-state index in [4.69, 9.17) is 16.3 Å². The van der Waals surface area contributed by atoms with Gasteiger partial charge in [-0.15, -0.1) is 0 Å². The Bertz CT molecular complexity index is 642. The number of carbonyl (C=O) groups is 1. The number of carbonyl (C=O) groups excluding carboxylic acids is 1. The van der Waals surface area contributed by atoms with Crippen LogP contribution in [0.15, 0.2) is 54.6 Å². The zero-order valence-corrected chi connectivity index (χ0v) is 13.4. The van der Waals surface area contributed by atoms with Crippen molar-refractivity contribution in [3.05, 3.63) is 65.2 Å². The maximum atomic E-state index is 12.6. The lowest BCUT2D eigenvalue weighted by Crippen LogP contribution is -2.49. The van der Waals surface area contributed by atoms with Gasteiger partial charge in [0.05, 0.1) is 0 Å². The van der Waals surface area contributed by atoms with Crippen molar-refractivity contribution in [2.75, 3.05) is 19.6 Å². The van der Waals surface area contributed by atoms with Crippen LogP contribution in [0.25, 0.3) is 0 Å². The highest BCUT2D eigenvalue weighted by Gasteiger charge is 2.24. The van der Waals surface area contributed by atoms with Crippen LogP contribution in [0.5, 0.6) is 5.75 Å². The van der Waals surface area contributed by atoms with Crippen LogP contribution in [0.2, 0.25) is 5.02 Å². The summed E-state index contributed by atoms with van der Waals surface area (Å²) in [5.41, 5.74) is 0.826. The van der Waals surface area contributed by atoms with Crippen LogP contribution < -0.4 is 15.4 Å². The molecule has 0 saturated carbocycles. The fourth-order valence-electron chi connectivity index (χ4n) is 2.38. The van der Waals surface area contributed by atoms with E-state index in [-0.39, 0.29) is 5.91 Å². The van der Waals surface area contributed by atoms with Crippen LogP contribution in [-0.2, 0) is 4.79 Å². The minimum atomic E-state index is -0.676. The second kappa shape index (κ2) is 7.49. The molecule has 23 heavy (non-hydrogen) atoms. The molecule has 120 valence electrons. The molecule has 1 aliphatic rings. The molecule has 0 aromatic heterocycles. The number of benzene rings is 2. The molecule has 1 atom stereocenters. The SMILES string of the molecule is O=C(NCC1CNC1)C(Oc1ccc(Cl)cc1)c1ccccc1. The third kappa shape index (κ3) is 4.24. The quantitative estimate of drug-likeness (QED) is 0.856. The van der Waals surface area contributed by atoms with Crippen LogP contribution in [0.4, 0.5) is 0 Å². The first-order valence-corrected chi connectivity index (χ1v) is 8.06. The van der Waals surface area contributed by atoms with Crippen molar-refractivity contribution in [1.82, 2.24) is 10.6 Å². The maximum absolute atomic E-state index is 12.6. The van der Waals surface area contributed by atoms with E-state index < -0.39 is 6.10 Å². The van der Waals surface area contributed by atoms with E-state index in [2.05, 4.69) is 10.6 Å². The summed E-state index contributed by atoms with van der Waals surface area (Å²) >= 11 is 5.89. The monoisotopic (exact) mass is 330 g/mol. The molecule has 1 unspecified atom stereocenters. The van der Waals surface area contributed by atoms with Crippen molar-refractivity contribution in [3.63, 3.8) is 0 Å². The predicted octanol–water partition coefficient (Wildman–Crippen LogP) is 2.80. The van der Waals surface area contributed by atoms with Gasteiger partial charge in [-0.3, -0.25) is 4.79 Å². The van der Waals surface area contributed by atoms with Crippen molar-refractivity contribution in [1.29, 1.82) is 0 Å². The lowest BCUT2D eigenvalue weighted by Gasteiger charge is -2.28. The Labute approximate surface area is 140 Å². The third-order valence-electron chi connectivity index (χ3n) is 3.84. The number of hydrogen-bond acceptors (Lipinski definition) is 3. The molecular weight excluding hydrogens is 312 g/mol. The molecule has 2 N–H and O–H groups in total. The van der Waals surface area contributed by atoms with E-state index in [1.807, 2.05) is 30.3 Å². The highest BCUT2D eigenvalue weighted by atomic mass is 35.5. The third-order valence-corrected chi connectivity index (χ3v) is 4.09. The molecule has 0 spiro atoms. The van der Waals surface area contributed by atoms with E-state index >= 15 is 0 Å². The number of nitrogens with one attached hydrogen (secondary N) is 2. The summed E-state index contributed by atoms with van der Waals surface area (Å²) in [4.78, 5) is 12.6. The number of halogens is 1. The Balaban J connectivity index is 1.72. The van der Waals surface area contributed by atoms with Gasteiger partial charge in [0, 0.05) is 36.1 Å². The molecule has 4 nitrogen and oxygen atoms in total. The predicted molar refractivity (Wildman–Crippen MR) is 90.6 cm³/mol. The largest absolute Gasteiger partial charge is 0.476 e. The topological polar surface area (TPSA) is 50.4 Å². The van der Waals surface area contributed by atoms with Gasteiger partial charge in [0.2, 0.25) is 6.10 Å². The first kappa shape index (κ1) is 15.8. The van der Waals surface area contributed by atoms with E-state index in [9.17, 15) is 4.79 Å². The summed E-state index contributed by atoms with van der Waals surface area (Å²) in [5.74, 6) is 0.993. The minimum absolute atomic E-state index is 0.127. The highest BCUT2D eigenvalue weighted by Crippen LogP contribution is 2.24. The van der Waals surface area contributed by atoms with Gasteiger partial charge < -0.3 is 15.4 Å². The van der Waals surface area contributed by atoms with Crippen LogP contribution in [0.1, 0.15) is 11.7 Å². The summed E-state index contributed by atoms with van der Waals surface area (Å²) in [7, 11) is 0. The average molecular weight is 331 g/mol. The lowest BCUT2D eigenvalue weighted by molar-refractivity contribution is -0.128. The summed E-state index contributed by atoms with van der Waals surface area (Å²) < 4.78 is 5.91. The number of hydrogen-bond donors (Lipinski definition) is 2. The number of amides is 1. The van der Waals surface area contributed by atoms with Crippen LogP contribution >= 0.6 is 11.6 Å². The van der Waals surface area contributed by atoms with Crippen molar-refractivity contribution < 1.29 is 9.53 Å². The van der Waals surface area contributed by atoms with Gasteiger partial charge in [-0.1, -0.05) is 41.9 Å². The first-order chi connectivity index (χ1) is 11.2. The maximum Gasteiger partial charge on any atom is 0.265 e. The van der Waals surface area contributed by atoms with Crippen molar-refractivity contribution >= 4 is 17.5 Å². The molecule has 5 heteroatoms. The Morgan fingerprint density at radius 2 is 1.87 bits per heavy atom. The Morgan fingerprint density at radius 1 is 1.17 bits per heavy atom. The zero-order chi connectivity index (χ0) is 16.1. The molecule has 1 heterocycles. The van der Waals surface area contributed by atoms with Gasteiger partial charge in [-0.05, 0) is 24.3 Å². The summed E-state index contributed by atoms with van der Waals surface area (Å²) in [6.07, 6.45) is -0.676. The van der Waals surface area contributed by atoms with E-state index in [0.717, 1.165) is 18.7 Å². The summed E-state index contributed by atoms with van der Waals surface area (Å²) in [5, 5.41) is 6.82. The highest BCUT2D eigenvalue weighted by molar-refractivity contribution is 6.30. The van der Waals surface area contributed by atoms with E-state index in [1.165, 1.54) is 0 Å². The van der Waals surface area contributed by atoms with Gasteiger partial charge in [-0.25, -0.2) is 0 Å². The smallest absolute Gasteiger partial charge is 0.265 e. The lowest BCUT2D eigenvalue weighted by atomic mass is 10.0. The van der Waals surface area contributed by atoms with Gasteiger partial charge in [0.15, 0.2) is 0 Å². The normalized spacial score (nSPS) is 15.5. The van der Waals surface area contributed by atoms with Crippen LogP contribution in [-0.4, -0.2) is 25.5 Å². The molecule has 2 aromatic rings. The molecule has 1 saturated heterocycles. The molecule has 1 fully saturated rings. The van der Waals surface area contributed by atoms with E-state index in [1.54, 1.807) is 24.3 Å². The Morgan fingerprint density at radius 3 is 2.48 bits per heavy atom. The fourth-order valence-corrected chi connectivity index (χ4v) is 2.51. The Kier molecular flexibility index (Phi) is 5.16. The Hall–Kier alpha value is -2.04. The van der Waals surface area contributed by atoms with Crippen molar-refractivity contribution in [2.45, 2.75) is 6.10 Å². The first-order valence-electron chi connectivity index (χ1n) is 7.68. The summed E-state index contributed by atoms with van der Waals surface area (Å²) in [6, 6.07) is 16.5. The van der Waals surface area contributed by atoms with Gasteiger partial charge >= 0.3 is 0 Å². The van der Waals surface area contributed by atoms with Crippen molar-refractivity contribution in [3.8, 4) is 5.75 Å². The fraction of sp³-hybridized carbons (Fsp3) is 0.278. The zero-order valence-electron chi connectivity index (χ0n) is 12.7. The molecule has 0 bridgehead atoms. The van der Waals surface area contributed by atoms with Gasteiger partial charge in [0.25, 0.3) is 5.91 Å². The second-order valence-electron chi connectivity index (χ2n) is 5.63. The van der Waals surface area contributed by atoms with Crippen LogP contribution in [0, 0.1) is 5.92 Å². The van der Waals surface area contributed by atoms with Gasteiger partial charge in [0.1, 0.15) is 5.75 Å². The minimum Gasteiger partial charge on any atom is -0.476 e. The molecule has 1 amide bonds. The molecule has 2 aromatic carbocycles. The number of rotatable bonds is 6. The summed E-state index contributed by atoms with van der Waals surface area (Å²) in [6.45, 7) is 2.57. The number of ether oxygens (including phenoxy) is 1. The van der Waals surface area contributed by atoms with Gasteiger partial charge in [-0.2, -0.15) is 0 Å². The standard InChI is InChI=1S/C18H19ClN2O2/c19-15-6-8-16(9-7-15)23-17(14-4-2-1-3-5-14)18(22)21-12-13-10-20-11-13/h1-9,13,17,20H,10-12H2,(H,21,22). The second-order valence-corrected chi connectivity index (χ2v) is 6.07. The molecule has 0 radical (unpaired) electrons. The molecule has 0 aliphatic carbocycles. The van der Waals surface area contributed by atoms with E-state index in [0.29, 0.717) is 23.2 Å². The molecular formula is C18H19ClN2O2. The average Bonchev–Trinajstić information content (AvgIpc) is 2.53. The molecule has 3 rings (SSSR count).